The van der Waals surface area contributed by atoms with E-state index in [0.29, 0.717) is 10.8 Å². The van der Waals surface area contributed by atoms with Gasteiger partial charge >= 0.3 is 391 Å². The van der Waals surface area contributed by atoms with Gasteiger partial charge in [-0.05, 0) is 189 Å². The number of rotatable bonds is 19. The molecule has 9 aromatic carbocycles. The normalized spacial score (nSPS) is 17.9. The Bertz CT molecular complexity index is 5220. The zero-order valence-corrected chi connectivity index (χ0v) is 102. The molecule has 5 aliphatic rings. The van der Waals surface area contributed by atoms with Crippen LogP contribution in [0.4, 0.5) is 22.7 Å². The number of hydrogen-bond donors (Lipinski definition) is 0. The van der Waals surface area contributed by atoms with E-state index >= 15 is 0 Å². The van der Waals surface area contributed by atoms with Crippen LogP contribution in [-0.4, -0.2) is 65.0 Å². The van der Waals surface area contributed by atoms with Crippen LogP contribution in [0.3, 0.4) is 0 Å². The number of benzene rings is 9. The molecule has 5 fully saturated rings. The summed E-state index contributed by atoms with van der Waals surface area (Å²) < 4.78 is 30.1. The second-order valence-electron chi connectivity index (χ2n) is 42.8. The van der Waals surface area contributed by atoms with Crippen molar-refractivity contribution in [2.75, 3.05) is 19.6 Å². The Kier molecular flexibility index (Phi) is 47.1. The minimum atomic E-state index is -1.77. The largest absolute Gasteiger partial charge is 0.517 e. The van der Waals surface area contributed by atoms with E-state index in [1.807, 2.05) is 171 Å². The fraction of sp³-hybridized carbons (Fsp3) is 0.475. The smallest absolute Gasteiger partial charge is 0.0134 e. The molecule has 138 heavy (non-hydrogen) atoms. The number of ether oxygens (including phenoxy) is 4. The van der Waals surface area contributed by atoms with Crippen LogP contribution in [0.1, 0.15) is 311 Å². The second kappa shape index (κ2) is 53.9. The molecule has 14 rings (SSSR count). The molecule has 9 aromatic rings. The Morgan fingerprint density at radius 2 is 0.551 bits per heavy atom. The molecule has 0 bridgehead atoms. The van der Waals surface area contributed by atoms with Gasteiger partial charge < -0.3 is 19.6 Å². The minimum absolute atomic E-state index is 0.0779. The van der Waals surface area contributed by atoms with E-state index in [9.17, 15) is 0 Å². The summed E-state index contributed by atoms with van der Waals surface area (Å²) in [6.45, 7) is 83.3. The zero-order chi connectivity index (χ0) is 103. The Hall–Kier alpha value is -4.33. The van der Waals surface area contributed by atoms with Crippen molar-refractivity contribution in [1.29, 1.82) is 0 Å². The topological polar surface area (TPSA) is 49.9 Å². The Balaban J connectivity index is 0.000000216. The van der Waals surface area contributed by atoms with Gasteiger partial charge in [-0.3, -0.25) is 0 Å². The molecule has 20 heteroatoms. The summed E-state index contributed by atoms with van der Waals surface area (Å²) in [6, 6.07) is 60.5. The maximum absolute atomic E-state index is 5.82. The summed E-state index contributed by atoms with van der Waals surface area (Å²) in [7, 11) is 46.5. The second-order valence-corrected chi connectivity index (χ2v) is 65.7. The molecule has 8 nitrogen and oxygen atoms in total. The first-order valence-electron chi connectivity index (χ1n) is 48.6. The van der Waals surface area contributed by atoms with Crippen LogP contribution in [0.25, 0.3) is 0 Å². The summed E-state index contributed by atoms with van der Waals surface area (Å²) in [6.07, 6.45) is 15.0. The average molecular weight is 2390 g/mol. The van der Waals surface area contributed by atoms with E-state index in [4.69, 9.17) is 96.5 Å². The maximum Gasteiger partial charge on any atom is 0.0134 e. The van der Waals surface area contributed by atoms with Crippen LogP contribution in [0.2, 0.25) is 0 Å². The van der Waals surface area contributed by atoms with Crippen molar-refractivity contribution in [1.82, 2.24) is 0 Å². The molecule has 770 valence electrons. The summed E-state index contributed by atoms with van der Waals surface area (Å²) in [4.78, 5) is 10.2. The number of hydrogen-bond acceptors (Lipinski definition) is 8. The number of aryl methyl sites for hydroxylation is 12. The Morgan fingerprint density at radius 1 is 0.304 bits per heavy atom. The number of nitrogens with zero attached hydrogens (tertiary/aromatic N) is 4. The quantitative estimate of drug-likeness (QED) is 0.0586. The van der Waals surface area contributed by atoms with Gasteiger partial charge in [0.25, 0.3) is 0 Å². The fourth-order valence-corrected chi connectivity index (χ4v) is 28.3. The van der Waals surface area contributed by atoms with Crippen LogP contribution in [0.15, 0.2) is 176 Å². The van der Waals surface area contributed by atoms with Gasteiger partial charge in [-0.1, -0.05) is 206 Å². The van der Waals surface area contributed by atoms with E-state index in [1.165, 1.54) is 159 Å². The van der Waals surface area contributed by atoms with Crippen molar-refractivity contribution < 1.29 is 73.0 Å². The van der Waals surface area contributed by atoms with E-state index in [0.717, 1.165) is 51.7 Å². The number of halogens is 8. The molecule has 1 spiro atoms. The molecule has 0 N–H and O–H groups in total. The van der Waals surface area contributed by atoms with Gasteiger partial charge in [0.2, 0.25) is 0 Å². The maximum atomic E-state index is 5.82. The van der Waals surface area contributed by atoms with Crippen molar-refractivity contribution in [3.63, 3.8) is 0 Å². The molecule has 1 atom stereocenters. The van der Waals surface area contributed by atoms with E-state index in [1.54, 1.807) is 0 Å². The van der Waals surface area contributed by atoms with Gasteiger partial charge in [-0.2, -0.15) is 0 Å². The predicted molar refractivity (Wildman–Crippen MR) is 597 cm³/mol. The molecule has 4 heterocycles. The molecule has 4 saturated heterocycles. The summed E-state index contributed by atoms with van der Waals surface area (Å²) in [5, 5.41) is 0. The van der Waals surface area contributed by atoms with Crippen LogP contribution >= 0.6 is 77.5 Å². The number of anilines is 4. The van der Waals surface area contributed by atoms with Gasteiger partial charge in [0.15, 0.2) is 0 Å². The van der Waals surface area contributed by atoms with Gasteiger partial charge in [0.05, 0.1) is 0 Å². The zero-order valence-electron chi connectivity index (χ0n) is 88.8. The predicted octanol–water partition coefficient (Wildman–Crippen LogP) is 36.0. The molecule has 0 amide bonds. The standard InChI is InChI=1S/C22H28N.C20H30N.C19H30N.C17H26N.4C10H12O.8ClH.4Ru/c1-16-12-17(2)20(18(3)13-16)23-15-22(6,14-21(23,4)5)19-10-8-7-9-11-19;1-15-11-16(2)18(17(3)12-15)21-14-20(13-19(21,4)5)9-7-6-8-10-20;1-8-19(9-2)12-18(6,7)20(13-19)17-15(4)10-14(3)11-16(17)5;1-12-8-13(2)15(14(3)9-12)18-11-16(4,5)10-17(18,6)7;4*1-8(2)11-10-7-5-4-6-9(10)3;;;;;;;;;;;;/h7-13,15H,14H2,1-6H3;11-12,14H,6-10,13H2,1-5H3;10-11,13H,8-9,12H2,1-7H3;8-9,11H,10H2,1-7H3;4*3-8H,1-2H3;8*1H;;;;/q4*-1;;;;;;;;;;;;;4*+2/p-8. The summed E-state index contributed by atoms with van der Waals surface area (Å²) in [5.74, 6) is 3.40. The molecule has 0 radical (unpaired) electrons. The van der Waals surface area contributed by atoms with E-state index in [2.05, 4.69) is 298 Å². The van der Waals surface area contributed by atoms with Crippen molar-refractivity contribution in [2.24, 2.45) is 16.2 Å². The molecular weight excluding hydrogens is 2230 g/mol. The van der Waals surface area contributed by atoms with Crippen molar-refractivity contribution >= 4 is 119 Å². The molecule has 1 saturated carbocycles. The third-order valence-corrected chi connectivity index (χ3v) is 33.0. The molecular formula is C118H162Cl8N4O4Ru4-4. The van der Waals surface area contributed by atoms with Crippen molar-refractivity contribution in [3.8, 4) is 23.0 Å². The van der Waals surface area contributed by atoms with Crippen molar-refractivity contribution in [2.45, 2.75) is 351 Å². The molecule has 1 unspecified atom stereocenters. The van der Waals surface area contributed by atoms with Crippen LogP contribution < -0.4 is 38.5 Å². The van der Waals surface area contributed by atoms with Crippen LogP contribution in [0.5, 0.6) is 23.0 Å². The van der Waals surface area contributed by atoms with Crippen LogP contribution in [0, 0.1) is 126 Å². The van der Waals surface area contributed by atoms with Gasteiger partial charge in [0, 0.05) is 44.9 Å². The van der Waals surface area contributed by atoms with E-state index in [-0.39, 0.29) is 57.4 Å². The first kappa shape index (κ1) is 121. The first-order valence-corrected chi connectivity index (χ1v) is 70.6. The van der Waals surface area contributed by atoms with Gasteiger partial charge in [-0.15, -0.1) is 21.7 Å². The van der Waals surface area contributed by atoms with Crippen LogP contribution in [-0.2, 0) is 59.5 Å². The minimum Gasteiger partial charge on any atom is -0.517 e. The Morgan fingerprint density at radius 3 is 0.812 bits per heavy atom. The monoisotopic (exact) mass is 2390 g/mol. The average Bonchev–Trinajstić information content (AvgIpc) is 1.60. The molecule has 0 aromatic heterocycles. The molecule has 4 aliphatic heterocycles. The van der Waals surface area contributed by atoms with E-state index < -0.39 is 54.1 Å². The molecule has 1 aliphatic carbocycles. The fourth-order valence-electron chi connectivity index (χ4n) is 21.1. The summed E-state index contributed by atoms with van der Waals surface area (Å²) >= 11 is -7.08. The SMILES string of the molecule is CC(C)Oc1ccccc1[CH]=[Ru]([Cl])[Cl].CC(C)Oc1ccccc1[CH]=[Ru]([Cl])[Cl].CC(C)Oc1ccccc1[CH]=[Ru]([Cl])[Cl].CC(C)Oc1ccccc1[CH]=[Ru]([Cl])[Cl].CCC1(CC)[CH-]N(c2c(C)cc(C)cc2C)C(C)(C)C1.Cc1cc(C)c(N2[CH-]C(C)(C)CC2(C)C)c(C)c1.Cc1cc(C)c(N2[CH-]C(C)(c3ccccc3)CC2(C)C)c(C)c1.Cc1cc(C)c(N2[CH-]C3(CCCCC3)CC2(C)C)c(C)c1. The first-order chi connectivity index (χ1) is 64.3. The van der Waals surface area contributed by atoms with Crippen molar-refractivity contribution in [3.05, 3.63) is 297 Å². The Labute approximate surface area is 889 Å². The number of para-hydroxylation sites is 4. The summed E-state index contributed by atoms with van der Waals surface area (Å²) in [5.41, 5.74) is 29.5. The third-order valence-electron chi connectivity index (χ3n) is 25.6. The van der Waals surface area contributed by atoms with Gasteiger partial charge in [0.1, 0.15) is 0 Å². The van der Waals surface area contributed by atoms with Gasteiger partial charge in [-0.25, -0.2) is 26.2 Å². The third kappa shape index (κ3) is 36.1.